The molecule has 1 atom stereocenters. The van der Waals surface area contributed by atoms with Crippen LogP contribution in [0.1, 0.15) is 22.8 Å². The van der Waals surface area contributed by atoms with E-state index in [1.165, 1.54) is 0 Å². The second-order valence-electron chi connectivity index (χ2n) is 8.87. The van der Waals surface area contributed by atoms with Gasteiger partial charge in [0.1, 0.15) is 18.4 Å². The van der Waals surface area contributed by atoms with Crippen LogP contribution in [0.4, 0.5) is 5.69 Å². The average molecular weight is 509 g/mol. The lowest BCUT2D eigenvalue weighted by Crippen LogP contribution is -2.42. The van der Waals surface area contributed by atoms with E-state index in [4.69, 9.17) is 4.74 Å². The molecule has 0 radical (unpaired) electrons. The zero-order valence-electron chi connectivity index (χ0n) is 21.4. The SMILES string of the molecule is CCN(c1ccccc1)C(Cc1ccc(OCCNC(=O)c2ccc(-c3ccccc3)cc2)cc1)C(=O)O. The van der Waals surface area contributed by atoms with Crippen LogP contribution in [0.5, 0.6) is 5.75 Å². The van der Waals surface area contributed by atoms with Gasteiger partial charge < -0.3 is 20.1 Å². The van der Waals surface area contributed by atoms with Gasteiger partial charge in [0, 0.05) is 24.2 Å². The molecule has 0 fully saturated rings. The minimum atomic E-state index is -0.860. The first-order valence-corrected chi connectivity index (χ1v) is 12.7. The van der Waals surface area contributed by atoms with Crippen LogP contribution in [0.15, 0.2) is 109 Å². The second kappa shape index (κ2) is 13.1. The van der Waals surface area contributed by atoms with Crippen LogP contribution in [0.25, 0.3) is 11.1 Å². The number of anilines is 1. The van der Waals surface area contributed by atoms with Crippen LogP contribution in [0.2, 0.25) is 0 Å². The van der Waals surface area contributed by atoms with Crippen LogP contribution in [-0.4, -0.2) is 42.7 Å². The molecule has 0 aliphatic carbocycles. The molecule has 2 N–H and O–H groups in total. The molecule has 4 rings (SSSR count). The fourth-order valence-corrected chi connectivity index (χ4v) is 4.36. The van der Waals surface area contributed by atoms with Gasteiger partial charge in [-0.1, -0.05) is 72.8 Å². The average Bonchev–Trinajstić information content (AvgIpc) is 2.97. The van der Waals surface area contributed by atoms with Crippen molar-refractivity contribution in [1.82, 2.24) is 5.32 Å². The number of amides is 1. The number of carbonyl (C=O) groups is 2. The topological polar surface area (TPSA) is 78.9 Å². The first-order chi connectivity index (χ1) is 18.5. The molecule has 0 spiro atoms. The van der Waals surface area contributed by atoms with Crippen LogP contribution in [-0.2, 0) is 11.2 Å². The number of hydrogen-bond donors (Lipinski definition) is 2. The normalized spacial score (nSPS) is 11.4. The molecule has 0 bridgehead atoms. The summed E-state index contributed by atoms with van der Waals surface area (Å²) in [6.07, 6.45) is 0.372. The Kier molecular flexibility index (Phi) is 9.13. The third-order valence-electron chi connectivity index (χ3n) is 6.35. The number of aliphatic carboxylic acids is 1. The van der Waals surface area contributed by atoms with Gasteiger partial charge in [-0.25, -0.2) is 4.79 Å². The first-order valence-electron chi connectivity index (χ1n) is 12.7. The van der Waals surface area contributed by atoms with E-state index in [0.29, 0.717) is 37.4 Å². The predicted molar refractivity (Wildman–Crippen MR) is 151 cm³/mol. The van der Waals surface area contributed by atoms with Crippen molar-refractivity contribution in [2.24, 2.45) is 0 Å². The van der Waals surface area contributed by atoms with Crippen molar-refractivity contribution in [3.63, 3.8) is 0 Å². The number of ether oxygens (including phenoxy) is 1. The molecule has 1 amide bonds. The van der Waals surface area contributed by atoms with E-state index in [1.54, 1.807) is 0 Å². The van der Waals surface area contributed by atoms with Crippen molar-refractivity contribution in [3.05, 3.63) is 120 Å². The number of para-hydroxylation sites is 1. The summed E-state index contributed by atoms with van der Waals surface area (Å²) in [6, 6.07) is 33.9. The maximum absolute atomic E-state index is 12.5. The van der Waals surface area contributed by atoms with Gasteiger partial charge in [-0.3, -0.25) is 4.79 Å². The summed E-state index contributed by atoms with van der Waals surface area (Å²) in [6.45, 7) is 3.23. The van der Waals surface area contributed by atoms with E-state index in [1.807, 2.05) is 121 Å². The number of carboxylic acid groups (broad SMARTS) is 1. The van der Waals surface area contributed by atoms with Gasteiger partial charge in [0.15, 0.2) is 0 Å². The van der Waals surface area contributed by atoms with Crippen molar-refractivity contribution >= 4 is 17.6 Å². The fourth-order valence-electron chi connectivity index (χ4n) is 4.36. The highest BCUT2D eigenvalue weighted by atomic mass is 16.5. The smallest absolute Gasteiger partial charge is 0.326 e. The van der Waals surface area contributed by atoms with E-state index in [0.717, 1.165) is 22.4 Å². The van der Waals surface area contributed by atoms with E-state index in [2.05, 4.69) is 5.32 Å². The lowest BCUT2D eigenvalue weighted by Gasteiger charge is -2.30. The summed E-state index contributed by atoms with van der Waals surface area (Å²) >= 11 is 0. The fraction of sp³-hybridized carbons (Fsp3) is 0.188. The molecule has 4 aromatic carbocycles. The maximum atomic E-state index is 12.5. The number of nitrogens with zero attached hydrogens (tertiary/aromatic N) is 1. The molecule has 0 aliphatic heterocycles. The second-order valence-corrected chi connectivity index (χ2v) is 8.87. The molecule has 194 valence electrons. The van der Waals surface area contributed by atoms with Gasteiger partial charge >= 0.3 is 5.97 Å². The number of hydrogen-bond acceptors (Lipinski definition) is 4. The zero-order valence-corrected chi connectivity index (χ0v) is 21.4. The number of likely N-dealkylation sites (N-methyl/N-ethyl adjacent to an activating group) is 1. The van der Waals surface area contributed by atoms with Crippen LogP contribution in [0, 0.1) is 0 Å². The number of carboxylic acids is 1. The van der Waals surface area contributed by atoms with Crippen LogP contribution >= 0.6 is 0 Å². The molecule has 4 aromatic rings. The highest BCUT2D eigenvalue weighted by Crippen LogP contribution is 2.21. The number of benzene rings is 4. The third kappa shape index (κ3) is 7.01. The standard InChI is InChI=1S/C32H32N2O4/c1-2-34(28-11-7-4-8-12-28)30(32(36)37)23-24-13-19-29(20-14-24)38-22-21-33-31(35)27-17-15-26(16-18-27)25-9-5-3-6-10-25/h3-20,30H,2,21-23H2,1H3,(H,33,35)(H,36,37). The molecule has 6 nitrogen and oxygen atoms in total. The van der Waals surface area contributed by atoms with Gasteiger partial charge in [0.25, 0.3) is 5.91 Å². The number of carbonyl (C=O) groups excluding carboxylic acids is 1. The van der Waals surface area contributed by atoms with Crippen LogP contribution in [0.3, 0.4) is 0 Å². The highest BCUT2D eigenvalue weighted by Gasteiger charge is 2.25. The van der Waals surface area contributed by atoms with E-state index in [9.17, 15) is 14.7 Å². The summed E-state index contributed by atoms with van der Waals surface area (Å²) in [7, 11) is 0. The summed E-state index contributed by atoms with van der Waals surface area (Å²) in [5.41, 5.74) is 4.56. The van der Waals surface area contributed by atoms with Crippen molar-refractivity contribution in [2.45, 2.75) is 19.4 Å². The molecule has 0 heterocycles. The Balaban J connectivity index is 1.25. The third-order valence-corrected chi connectivity index (χ3v) is 6.35. The summed E-state index contributed by atoms with van der Waals surface area (Å²) in [5, 5.41) is 12.8. The zero-order chi connectivity index (χ0) is 26.7. The molecular weight excluding hydrogens is 476 g/mol. The lowest BCUT2D eigenvalue weighted by atomic mass is 10.0. The Morgan fingerprint density at radius 3 is 2.03 bits per heavy atom. The molecule has 1 unspecified atom stereocenters. The molecule has 0 aliphatic rings. The summed E-state index contributed by atoms with van der Waals surface area (Å²) in [4.78, 5) is 26.4. The lowest BCUT2D eigenvalue weighted by molar-refractivity contribution is -0.138. The molecule has 0 aromatic heterocycles. The molecule has 0 saturated carbocycles. The highest BCUT2D eigenvalue weighted by molar-refractivity contribution is 5.94. The van der Waals surface area contributed by atoms with Gasteiger partial charge in [-0.05, 0) is 60.0 Å². The van der Waals surface area contributed by atoms with Crippen molar-refractivity contribution in [1.29, 1.82) is 0 Å². The Morgan fingerprint density at radius 1 is 0.816 bits per heavy atom. The maximum Gasteiger partial charge on any atom is 0.326 e. The van der Waals surface area contributed by atoms with Crippen molar-refractivity contribution < 1.29 is 19.4 Å². The Morgan fingerprint density at radius 2 is 1.42 bits per heavy atom. The van der Waals surface area contributed by atoms with E-state index < -0.39 is 12.0 Å². The predicted octanol–water partition coefficient (Wildman–Crippen LogP) is 5.68. The number of rotatable bonds is 12. The Hall–Kier alpha value is -4.58. The quantitative estimate of drug-likeness (QED) is 0.241. The van der Waals surface area contributed by atoms with Crippen molar-refractivity contribution in [3.8, 4) is 16.9 Å². The molecule has 6 heteroatoms. The van der Waals surface area contributed by atoms with Gasteiger partial charge in [-0.2, -0.15) is 0 Å². The van der Waals surface area contributed by atoms with Gasteiger partial charge in [0.05, 0.1) is 6.54 Å². The molecule has 0 saturated heterocycles. The van der Waals surface area contributed by atoms with Crippen LogP contribution < -0.4 is 15.0 Å². The molecular formula is C32H32N2O4. The largest absolute Gasteiger partial charge is 0.492 e. The Labute approximate surface area is 223 Å². The molecule has 38 heavy (non-hydrogen) atoms. The first kappa shape index (κ1) is 26.5. The van der Waals surface area contributed by atoms with Gasteiger partial charge in [0.2, 0.25) is 0 Å². The minimum absolute atomic E-state index is 0.151. The van der Waals surface area contributed by atoms with E-state index >= 15 is 0 Å². The monoisotopic (exact) mass is 508 g/mol. The summed E-state index contributed by atoms with van der Waals surface area (Å²) < 4.78 is 5.77. The Bertz CT molecular complexity index is 1310. The summed E-state index contributed by atoms with van der Waals surface area (Å²) in [5.74, 6) is -0.346. The minimum Gasteiger partial charge on any atom is -0.492 e. The van der Waals surface area contributed by atoms with E-state index in [-0.39, 0.29) is 5.91 Å². The van der Waals surface area contributed by atoms with Crippen molar-refractivity contribution in [2.75, 3.05) is 24.6 Å². The number of nitrogens with one attached hydrogen (secondary N) is 1. The van der Waals surface area contributed by atoms with Gasteiger partial charge in [-0.15, -0.1) is 0 Å².